The van der Waals surface area contributed by atoms with Crippen LogP contribution in [0.2, 0.25) is 0 Å². The van der Waals surface area contributed by atoms with Crippen LogP contribution >= 0.6 is 0 Å². The molecule has 0 fully saturated rings. The molecule has 0 N–H and O–H groups in total. The highest BCUT2D eigenvalue weighted by atomic mass is 19.4. The normalized spacial score (nSPS) is 12.0. The van der Waals surface area contributed by atoms with Gasteiger partial charge in [-0.3, -0.25) is 4.79 Å². The minimum Gasteiger partial charge on any atom is -0.440 e. The van der Waals surface area contributed by atoms with Gasteiger partial charge < -0.3 is 4.42 Å². The van der Waals surface area contributed by atoms with Crippen LogP contribution in [-0.4, -0.2) is 16.9 Å². The number of rotatable bonds is 2. The number of aryl methyl sites for hydroxylation is 1. The lowest BCUT2D eigenvalue weighted by molar-refractivity contribution is -0.170. The van der Waals surface area contributed by atoms with Gasteiger partial charge in [-0.05, 0) is 24.6 Å². The van der Waals surface area contributed by atoms with E-state index >= 15 is 0 Å². The molecule has 0 bridgehead atoms. The summed E-state index contributed by atoms with van der Waals surface area (Å²) in [5, 5.41) is 0. The van der Waals surface area contributed by atoms with Crippen LogP contribution in [0.1, 0.15) is 11.5 Å². The number of carbonyl (C=O) groups excluding carboxylic acids is 1. The summed E-state index contributed by atoms with van der Waals surface area (Å²) < 4.78 is 41.2. The van der Waals surface area contributed by atoms with Gasteiger partial charge in [-0.2, -0.15) is 13.2 Å². The molecule has 0 unspecified atom stereocenters. The second kappa shape index (κ2) is 3.87. The smallest absolute Gasteiger partial charge is 0.440 e. The monoisotopic (exact) mass is 243 g/mol. The van der Waals surface area contributed by atoms with Gasteiger partial charge in [0.1, 0.15) is 5.52 Å². The van der Waals surface area contributed by atoms with E-state index in [9.17, 15) is 18.0 Å². The largest absolute Gasteiger partial charge is 0.450 e. The molecule has 0 atom stereocenters. The molecule has 90 valence electrons. The van der Waals surface area contributed by atoms with Crippen LogP contribution in [0.15, 0.2) is 22.6 Å². The van der Waals surface area contributed by atoms with Crippen molar-refractivity contribution in [2.45, 2.75) is 19.5 Å². The van der Waals surface area contributed by atoms with E-state index in [1.54, 1.807) is 18.2 Å². The summed E-state index contributed by atoms with van der Waals surface area (Å²) in [5.41, 5.74) is 1.75. The van der Waals surface area contributed by atoms with Crippen molar-refractivity contribution >= 4 is 16.9 Å². The number of benzene rings is 1. The summed E-state index contributed by atoms with van der Waals surface area (Å²) in [6.45, 7) is 1.83. The number of oxazole rings is 1. The van der Waals surface area contributed by atoms with Crippen LogP contribution in [0.4, 0.5) is 13.2 Å². The maximum atomic E-state index is 12.0. The third-order valence-electron chi connectivity index (χ3n) is 2.22. The minimum atomic E-state index is -4.85. The summed E-state index contributed by atoms with van der Waals surface area (Å²) in [6.07, 6.45) is -5.71. The van der Waals surface area contributed by atoms with Crippen molar-refractivity contribution in [3.05, 3.63) is 29.7 Å². The molecule has 6 heteroatoms. The van der Waals surface area contributed by atoms with Gasteiger partial charge in [0.05, 0.1) is 6.42 Å². The Morgan fingerprint density at radius 2 is 2.12 bits per heavy atom. The van der Waals surface area contributed by atoms with Gasteiger partial charge in [-0.1, -0.05) is 6.07 Å². The Labute approximate surface area is 94.2 Å². The van der Waals surface area contributed by atoms with Crippen LogP contribution in [-0.2, 0) is 11.2 Å². The van der Waals surface area contributed by atoms with E-state index in [1.807, 2.05) is 6.92 Å². The van der Waals surface area contributed by atoms with E-state index in [-0.39, 0.29) is 5.89 Å². The van der Waals surface area contributed by atoms with Gasteiger partial charge in [0.25, 0.3) is 0 Å². The van der Waals surface area contributed by atoms with E-state index in [2.05, 4.69) is 4.98 Å². The highest BCUT2D eigenvalue weighted by molar-refractivity contribution is 5.86. The second-order valence-corrected chi connectivity index (χ2v) is 3.68. The zero-order chi connectivity index (χ0) is 12.6. The van der Waals surface area contributed by atoms with Crippen LogP contribution in [0.3, 0.4) is 0 Å². The number of fused-ring (bicyclic) bond motifs is 1. The number of carbonyl (C=O) groups is 1. The molecule has 3 nitrogen and oxygen atoms in total. The average Bonchev–Trinajstić information content (AvgIpc) is 2.57. The first-order chi connectivity index (χ1) is 7.86. The first-order valence-corrected chi connectivity index (χ1v) is 4.82. The predicted octanol–water partition coefficient (Wildman–Crippen LogP) is 2.81. The molecule has 0 spiro atoms. The third-order valence-corrected chi connectivity index (χ3v) is 2.22. The Bertz CT molecular complexity index is 572. The molecule has 0 saturated carbocycles. The lowest BCUT2D eigenvalue weighted by Gasteiger charge is -2.01. The Morgan fingerprint density at radius 1 is 1.41 bits per heavy atom. The minimum absolute atomic E-state index is 0.215. The van der Waals surface area contributed by atoms with Gasteiger partial charge in [0, 0.05) is 0 Å². The fourth-order valence-corrected chi connectivity index (χ4v) is 1.40. The molecule has 2 rings (SSSR count). The number of aromatic nitrogens is 1. The standard InChI is InChI=1S/C11H8F3NO2/c1-6-2-3-8-7(4-6)15-10(17-8)5-9(16)11(12,13)14/h2-4H,5H2,1H3. The molecule has 0 amide bonds. The zero-order valence-electron chi connectivity index (χ0n) is 8.84. The number of hydrogen-bond acceptors (Lipinski definition) is 3. The van der Waals surface area contributed by atoms with Gasteiger partial charge in [-0.15, -0.1) is 0 Å². The zero-order valence-corrected chi connectivity index (χ0v) is 8.84. The van der Waals surface area contributed by atoms with Gasteiger partial charge in [-0.25, -0.2) is 4.98 Å². The maximum absolute atomic E-state index is 12.0. The highest BCUT2D eigenvalue weighted by Crippen LogP contribution is 2.21. The number of ketones is 1. The molecule has 0 aliphatic carbocycles. The van der Waals surface area contributed by atoms with Gasteiger partial charge in [0.15, 0.2) is 5.58 Å². The quantitative estimate of drug-likeness (QED) is 0.814. The highest BCUT2D eigenvalue weighted by Gasteiger charge is 2.38. The number of halogens is 3. The van der Waals surface area contributed by atoms with Gasteiger partial charge in [0.2, 0.25) is 11.7 Å². The average molecular weight is 243 g/mol. The summed E-state index contributed by atoms with van der Waals surface area (Å²) in [4.78, 5) is 14.6. The number of Topliss-reactive ketones (excluding diaryl/α,β-unsaturated/α-hetero) is 1. The fourth-order valence-electron chi connectivity index (χ4n) is 1.40. The summed E-state index contributed by atoms with van der Waals surface area (Å²) in [5.74, 6) is -2.08. The van der Waals surface area contributed by atoms with Crippen molar-refractivity contribution in [3.63, 3.8) is 0 Å². The Hall–Kier alpha value is -1.85. The Balaban J connectivity index is 2.29. The summed E-state index contributed by atoms with van der Waals surface area (Å²) in [6, 6.07) is 5.04. The molecular weight excluding hydrogens is 235 g/mol. The van der Waals surface area contributed by atoms with E-state index < -0.39 is 18.4 Å². The van der Waals surface area contributed by atoms with E-state index in [4.69, 9.17) is 4.42 Å². The fraction of sp³-hybridized carbons (Fsp3) is 0.273. The predicted molar refractivity (Wildman–Crippen MR) is 53.5 cm³/mol. The van der Waals surface area contributed by atoms with Crippen LogP contribution in [0.25, 0.3) is 11.1 Å². The molecule has 2 aromatic rings. The molecule has 17 heavy (non-hydrogen) atoms. The van der Waals surface area contributed by atoms with E-state index in [0.29, 0.717) is 11.1 Å². The SMILES string of the molecule is Cc1ccc2oc(CC(=O)C(F)(F)F)nc2c1. The molecule has 1 aromatic carbocycles. The Kier molecular flexibility index (Phi) is 2.65. The Morgan fingerprint density at radius 3 is 2.76 bits per heavy atom. The van der Waals surface area contributed by atoms with Crippen molar-refractivity contribution in [2.24, 2.45) is 0 Å². The number of alkyl halides is 3. The van der Waals surface area contributed by atoms with Crippen LogP contribution in [0, 0.1) is 6.92 Å². The molecule has 0 aliphatic heterocycles. The molecule has 0 aliphatic rings. The maximum Gasteiger partial charge on any atom is 0.450 e. The van der Waals surface area contributed by atoms with Crippen LogP contribution < -0.4 is 0 Å². The number of nitrogens with zero attached hydrogens (tertiary/aromatic N) is 1. The first kappa shape index (κ1) is 11.6. The van der Waals surface area contributed by atoms with Crippen molar-refractivity contribution in [3.8, 4) is 0 Å². The van der Waals surface area contributed by atoms with Crippen molar-refractivity contribution in [1.82, 2.24) is 4.98 Å². The summed E-state index contributed by atoms with van der Waals surface area (Å²) in [7, 11) is 0. The van der Waals surface area contributed by atoms with Gasteiger partial charge >= 0.3 is 6.18 Å². The second-order valence-electron chi connectivity index (χ2n) is 3.68. The topological polar surface area (TPSA) is 43.1 Å². The van der Waals surface area contributed by atoms with Crippen LogP contribution in [0.5, 0.6) is 0 Å². The lowest BCUT2D eigenvalue weighted by Crippen LogP contribution is -2.24. The molecule has 0 radical (unpaired) electrons. The van der Waals surface area contributed by atoms with Crippen molar-refractivity contribution in [1.29, 1.82) is 0 Å². The number of hydrogen-bond donors (Lipinski definition) is 0. The van der Waals surface area contributed by atoms with E-state index in [1.165, 1.54) is 0 Å². The summed E-state index contributed by atoms with van der Waals surface area (Å²) >= 11 is 0. The molecule has 1 heterocycles. The molecule has 1 aromatic heterocycles. The van der Waals surface area contributed by atoms with E-state index in [0.717, 1.165) is 5.56 Å². The first-order valence-electron chi connectivity index (χ1n) is 4.82. The van der Waals surface area contributed by atoms with Crippen molar-refractivity contribution in [2.75, 3.05) is 0 Å². The molecule has 0 saturated heterocycles. The molecular formula is C11H8F3NO2. The lowest BCUT2D eigenvalue weighted by atomic mass is 10.2. The third kappa shape index (κ3) is 2.46. The van der Waals surface area contributed by atoms with Crippen molar-refractivity contribution < 1.29 is 22.4 Å².